The van der Waals surface area contributed by atoms with Crippen LogP contribution in [0.15, 0.2) is 61.1 Å². The van der Waals surface area contributed by atoms with Crippen molar-refractivity contribution < 1.29 is 9.18 Å². The SMILES string of the molecule is NC(=O)c1cc(F)c(N[C@H]2CCCC[C@H]2N)nc1Nc1ccnc(-c2ccc3ccncc3c2)c1. The lowest BCUT2D eigenvalue weighted by Gasteiger charge is -2.30. The van der Waals surface area contributed by atoms with Crippen molar-refractivity contribution >= 4 is 34.0 Å². The van der Waals surface area contributed by atoms with Crippen LogP contribution in [0.4, 0.5) is 21.7 Å². The first-order valence-corrected chi connectivity index (χ1v) is 11.6. The zero-order chi connectivity index (χ0) is 24.4. The van der Waals surface area contributed by atoms with Crippen molar-refractivity contribution in [2.24, 2.45) is 11.5 Å². The molecular weight excluding hydrogens is 445 g/mol. The molecule has 0 unspecified atom stereocenters. The number of nitrogens with one attached hydrogen (secondary N) is 2. The van der Waals surface area contributed by atoms with Crippen LogP contribution in [0, 0.1) is 5.82 Å². The van der Waals surface area contributed by atoms with Gasteiger partial charge in [0.1, 0.15) is 5.82 Å². The number of aromatic nitrogens is 3. The highest BCUT2D eigenvalue weighted by Crippen LogP contribution is 2.29. The molecule has 1 fully saturated rings. The van der Waals surface area contributed by atoms with Gasteiger partial charge < -0.3 is 22.1 Å². The summed E-state index contributed by atoms with van der Waals surface area (Å²) in [6.45, 7) is 0. The van der Waals surface area contributed by atoms with E-state index in [-0.39, 0.29) is 29.3 Å². The summed E-state index contributed by atoms with van der Waals surface area (Å²) in [7, 11) is 0. The monoisotopic (exact) mass is 471 g/mol. The van der Waals surface area contributed by atoms with Crippen molar-refractivity contribution in [1.29, 1.82) is 0 Å². The van der Waals surface area contributed by atoms with Gasteiger partial charge in [0.25, 0.3) is 5.91 Å². The lowest BCUT2D eigenvalue weighted by Crippen LogP contribution is -2.43. The van der Waals surface area contributed by atoms with Gasteiger partial charge in [-0.25, -0.2) is 9.37 Å². The first-order valence-electron chi connectivity index (χ1n) is 11.6. The van der Waals surface area contributed by atoms with Gasteiger partial charge in [-0.15, -0.1) is 0 Å². The molecule has 0 bridgehead atoms. The van der Waals surface area contributed by atoms with Gasteiger partial charge in [0, 0.05) is 47.3 Å². The van der Waals surface area contributed by atoms with Gasteiger partial charge in [-0.2, -0.15) is 0 Å². The Morgan fingerprint density at radius 2 is 1.86 bits per heavy atom. The summed E-state index contributed by atoms with van der Waals surface area (Å²) in [5.74, 6) is -1.24. The number of rotatable bonds is 6. The quantitative estimate of drug-likeness (QED) is 0.329. The van der Waals surface area contributed by atoms with Crippen molar-refractivity contribution in [2.45, 2.75) is 37.8 Å². The van der Waals surface area contributed by atoms with Crippen LogP contribution in [-0.4, -0.2) is 32.9 Å². The Hall–Kier alpha value is -4.11. The first-order chi connectivity index (χ1) is 17.0. The van der Waals surface area contributed by atoms with Crippen molar-refractivity contribution in [1.82, 2.24) is 15.0 Å². The molecule has 4 aromatic rings. The van der Waals surface area contributed by atoms with Crippen molar-refractivity contribution in [2.75, 3.05) is 10.6 Å². The van der Waals surface area contributed by atoms with Gasteiger partial charge in [0.05, 0.1) is 11.3 Å². The summed E-state index contributed by atoms with van der Waals surface area (Å²) in [5.41, 5.74) is 13.9. The van der Waals surface area contributed by atoms with Gasteiger partial charge in [-0.05, 0) is 48.6 Å². The molecule has 1 saturated carbocycles. The van der Waals surface area contributed by atoms with Crippen molar-refractivity contribution in [3.8, 4) is 11.3 Å². The molecule has 1 aliphatic rings. The van der Waals surface area contributed by atoms with E-state index in [1.807, 2.05) is 30.3 Å². The molecule has 2 atom stereocenters. The second kappa shape index (κ2) is 9.63. The molecule has 8 nitrogen and oxygen atoms in total. The zero-order valence-corrected chi connectivity index (χ0v) is 19.0. The molecule has 3 aromatic heterocycles. The maximum absolute atomic E-state index is 14.8. The fraction of sp³-hybridized carbons (Fsp3) is 0.231. The summed E-state index contributed by atoms with van der Waals surface area (Å²) in [4.78, 5) is 25.1. The number of anilines is 3. The summed E-state index contributed by atoms with van der Waals surface area (Å²) in [6, 6.07) is 12.4. The highest BCUT2D eigenvalue weighted by Gasteiger charge is 2.24. The Morgan fingerprint density at radius 3 is 2.69 bits per heavy atom. The molecule has 178 valence electrons. The topological polar surface area (TPSA) is 132 Å². The highest BCUT2D eigenvalue weighted by molar-refractivity contribution is 5.98. The number of pyridine rings is 3. The summed E-state index contributed by atoms with van der Waals surface area (Å²) >= 11 is 0. The number of hydrogen-bond acceptors (Lipinski definition) is 7. The van der Waals surface area contributed by atoms with Crippen LogP contribution < -0.4 is 22.1 Å². The molecule has 0 aliphatic heterocycles. The van der Waals surface area contributed by atoms with E-state index >= 15 is 0 Å². The van der Waals surface area contributed by atoms with E-state index < -0.39 is 11.7 Å². The number of primary amides is 1. The lowest BCUT2D eigenvalue weighted by molar-refractivity contribution is 0.100. The van der Waals surface area contributed by atoms with Gasteiger partial charge in [-0.3, -0.25) is 14.8 Å². The van der Waals surface area contributed by atoms with E-state index in [9.17, 15) is 9.18 Å². The van der Waals surface area contributed by atoms with E-state index in [0.717, 1.165) is 53.8 Å². The zero-order valence-electron chi connectivity index (χ0n) is 19.0. The molecule has 1 aliphatic carbocycles. The van der Waals surface area contributed by atoms with E-state index in [1.165, 1.54) is 0 Å². The van der Waals surface area contributed by atoms with E-state index in [4.69, 9.17) is 11.5 Å². The minimum atomic E-state index is -0.781. The van der Waals surface area contributed by atoms with Crippen LogP contribution in [-0.2, 0) is 0 Å². The van der Waals surface area contributed by atoms with Gasteiger partial charge in [0.15, 0.2) is 11.6 Å². The number of hydrogen-bond donors (Lipinski definition) is 4. The lowest BCUT2D eigenvalue weighted by atomic mass is 9.91. The first kappa shape index (κ1) is 22.7. The van der Waals surface area contributed by atoms with E-state index in [0.29, 0.717) is 5.69 Å². The fourth-order valence-corrected chi connectivity index (χ4v) is 4.43. The third kappa shape index (κ3) is 4.90. The molecule has 35 heavy (non-hydrogen) atoms. The summed E-state index contributed by atoms with van der Waals surface area (Å²) in [6.07, 6.45) is 8.98. The fourth-order valence-electron chi connectivity index (χ4n) is 4.43. The number of nitrogens with zero attached hydrogens (tertiary/aromatic N) is 3. The number of benzene rings is 1. The molecular formula is C26H26FN7O. The summed E-state index contributed by atoms with van der Waals surface area (Å²) in [5, 5.41) is 8.32. The average Bonchev–Trinajstić information content (AvgIpc) is 2.87. The average molecular weight is 472 g/mol. The van der Waals surface area contributed by atoms with Crippen LogP contribution in [0.1, 0.15) is 36.0 Å². The van der Waals surface area contributed by atoms with E-state index in [2.05, 4.69) is 25.6 Å². The molecule has 1 amide bonds. The third-order valence-corrected chi connectivity index (χ3v) is 6.34. The van der Waals surface area contributed by atoms with Gasteiger partial charge in [-0.1, -0.05) is 25.0 Å². The Bertz CT molecular complexity index is 1390. The second-order valence-corrected chi connectivity index (χ2v) is 8.77. The Kier molecular flexibility index (Phi) is 6.24. The molecule has 0 saturated heterocycles. The maximum atomic E-state index is 14.8. The Morgan fingerprint density at radius 1 is 1.00 bits per heavy atom. The van der Waals surface area contributed by atoms with Gasteiger partial charge >= 0.3 is 0 Å². The number of halogens is 1. The number of amides is 1. The molecule has 1 aromatic carbocycles. The predicted molar refractivity (Wildman–Crippen MR) is 135 cm³/mol. The smallest absolute Gasteiger partial charge is 0.252 e. The molecule has 0 spiro atoms. The number of carbonyl (C=O) groups is 1. The minimum Gasteiger partial charge on any atom is -0.365 e. The molecule has 5 rings (SSSR count). The summed E-state index contributed by atoms with van der Waals surface area (Å²) < 4.78 is 14.8. The van der Waals surface area contributed by atoms with Crippen LogP contribution in [0.25, 0.3) is 22.0 Å². The maximum Gasteiger partial charge on any atom is 0.252 e. The molecule has 0 radical (unpaired) electrons. The number of nitrogens with two attached hydrogens (primary N) is 2. The Balaban J connectivity index is 1.46. The second-order valence-electron chi connectivity index (χ2n) is 8.77. The third-order valence-electron chi connectivity index (χ3n) is 6.34. The molecule has 6 N–H and O–H groups in total. The van der Waals surface area contributed by atoms with Crippen LogP contribution in [0.2, 0.25) is 0 Å². The Labute approximate surface area is 202 Å². The van der Waals surface area contributed by atoms with Crippen LogP contribution in [0.3, 0.4) is 0 Å². The minimum absolute atomic E-state index is 0.0381. The van der Waals surface area contributed by atoms with Crippen LogP contribution in [0.5, 0.6) is 0 Å². The molecule has 3 heterocycles. The van der Waals surface area contributed by atoms with Gasteiger partial charge in [0.2, 0.25) is 0 Å². The standard InChI is InChI=1S/C26H26FN7O/c27-20-13-19(24(29)35)25(34-26(20)33-22-4-2-1-3-21(22)28)32-18-8-10-31-23(12-18)16-6-5-15-7-9-30-14-17(15)11-16/h5-14,21-22H,1-4,28H2,(H2,29,35)(H2,31,32,33,34)/t21-,22+/m1/s1. The normalized spacial score (nSPS) is 17.8. The highest BCUT2D eigenvalue weighted by atomic mass is 19.1. The van der Waals surface area contributed by atoms with Crippen molar-refractivity contribution in [3.63, 3.8) is 0 Å². The van der Waals surface area contributed by atoms with E-state index in [1.54, 1.807) is 24.7 Å². The van der Waals surface area contributed by atoms with Crippen LogP contribution >= 0.6 is 0 Å². The predicted octanol–water partition coefficient (Wildman–Crippen LogP) is 4.36. The number of fused-ring (bicyclic) bond motifs is 1. The molecule has 9 heteroatoms. The largest absolute Gasteiger partial charge is 0.365 e. The number of carbonyl (C=O) groups excluding carboxylic acids is 1. The van der Waals surface area contributed by atoms with Crippen molar-refractivity contribution in [3.05, 3.63) is 72.4 Å².